The van der Waals surface area contributed by atoms with Crippen LogP contribution in [0, 0.1) is 15.9 Å². The van der Waals surface area contributed by atoms with Gasteiger partial charge in [0.15, 0.2) is 0 Å². The van der Waals surface area contributed by atoms with Crippen molar-refractivity contribution >= 4 is 27.6 Å². The summed E-state index contributed by atoms with van der Waals surface area (Å²) in [4.78, 5) is 20.8. The summed E-state index contributed by atoms with van der Waals surface area (Å²) in [5, 5.41) is 19.7. The maximum Gasteiger partial charge on any atom is 0.335 e. The Morgan fingerprint density at radius 3 is 2.43 bits per heavy atom. The number of hydrogen-bond acceptors (Lipinski definition) is 4. The molecule has 0 atom stereocenters. The minimum Gasteiger partial charge on any atom is -0.478 e. The summed E-state index contributed by atoms with van der Waals surface area (Å²) in [6.45, 7) is 0. The van der Waals surface area contributed by atoms with Crippen LogP contribution in [-0.4, -0.2) is 16.0 Å². The number of nitro benzene ring substituents is 1. The second kappa shape index (κ2) is 5.88. The predicted molar refractivity (Wildman–Crippen MR) is 74.2 cm³/mol. The number of ether oxygens (including phenoxy) is 1. The van der Waals surface area contributed by atoms with Gasteiger partial charge in [-0.1, -0.05) is 0 Å². The van der Waals surface area contributed by atoms with E-state index in [0.717, 1.165) is 12.1 Å². The van der Waals surface area contributed by atoms with Crippen LogP contribution in [0.5, 0.6) is 11.5 Å². The van der Waals surface area contributed by atoms with Crippen LogP contribution in [0.2, 0.25) is 0 Å². The average Bonchev–Trinajstić information content (AvgIpc) is 2.43. The first kappa shape index (κ1) is 14.9. The number of carboxylic acids is 1. The van der Waals surface area contributed by atoms with Crippen LogP contribution >= 0.6 is 15.9 Å². The third-order valence-corrected chi connectivity index (χ3v) is 3.14. The van der Waals surface area contributed by atoms with Crippen LogP contribution in [0.1, 0.15) is 10.4 Å². The lowest BCUT2D eigenvalue weighted by atomic mass is 10.2. The molecule has 0 fully saturated rings. The second-order valence-electron chi connectivity index (χ2n) is 3.92. The van der Waals surface area contributed by atoms with Gasteiger partial charge in [-0.15, -0.1) is 0 Å². The fourth-order valence-corrected chi connectivity index (χ4v) is 1.86. The normalized spacial score (nSPS) is 10.2. The summed E-state index contributed by atoms with van der Waals surface area (Å²) in [7, 11) is 0. The van der Waals surface area contributed by atoms with Gasteiger partial charge >= 0.3 is 11.7 Å². The molecule has 0 saturated heterocycles. The van der Waals surface area contributed by atoms with Gasteiger partial charge in [0, 0.05) is 6.07 Å². The Balaban J connectivity index is 2.36. The topological polar surface area (TPSA) is 89.7 Å². The van der Waals surface area contributed by atoms with E-state index in [2.05, 4.69) is 15.9 Å². The minimum absolute atomic E-state index is 0.0188. The lowest BCUT2D eigenvalue weighted by Gasteiger charge is -2.07. The van der Waals surface area contributed by atoms with Crippen molar-refractivity contribution in [2.24, 2.45) is 0 Å². The first-order valence-electron chi connectivity index (χ1n) is 5.53. The molecule has 6 nitrogen and oxygen atoms in total. The zero-order chi connectivity index (χ0) is 15.6. The summed E-state index contributed by atoms with van der Waals surface area (Å²) in [6, 6.07) is 7.17. The van der Waals surface area contributed by atoms with Gasteiger partial charge in [-0.2, -0.15) is 0 Å². The molecule has 0 aliphatic carbocycles. The molecular formula is C13H7BrFNO5. The number of hydrogen-bond donors (Lipinski definition) is 1. The Kier molecular flexibility index (Phi) is 4.18. The van der Waals surface area contributed by atoms with Crippen molar-refractivity contribution in [3.63, 3.8) is 0 Å². The van der Waals surface area contributed by atoms with Gasteiger partial charge in [-0.05, 0) is 40.2 Å². The first-order chi connectivity index (χ1) is 9.88. The molecule has 0 aromatic heterocycles. The second-order valence-corrected chi connectivity index (χ2v) is 4.78. The Bertz CT molecular complexity index is 717. The molecule has 0 spiro atoms. The average molecular weight is 356 g/mol. The van der Waals surface area contributed by atoms with Gasteiger partial charge in [-0.25, -0.2) is 9.18 Å². The van der Waals surface area contributed by atoms with E-state index in [1.807, 2.05) is 0 Å². The smallest absolute Gasteiger partial charge is 0.335 e. The van der Waals surface area contributed by atoms with Crippen molar-refractivity contribution in [3.05, 3.63) is 62.4 Å². The van der Waals surface area contributed by atoms with Gasteiger partial charge < -0.3 is 9.84 Å². The Labute approximate surface area is 126 Å². The number of carboxylic acid groups (broad SMARTS) is 1. The molecule has 0 saturated carbocycles. The van der Waals surface area contributed by atoms with E-state index in [4.69, 9.17) is 9.84 Å². The summed E-state index contributed by atoms with van der Waals surface area (Å²) in [5.41, 5.74) is -0.477. The van der Waals surface area contributed by atoms with Crippen molar-refractivity contribution in [2.45, 2.75) is 0 Å². The van der Waals surface area contributed by atoms with Crippen molar-refractivity contribution in [1.29, 1.82) is 0 Å². The molecule has 0 amide bonds. The molecule has 0 aliphatic heterocycles. The van der Waals surface area contributed by atoms with Gasteiger partial charge in [0.2, 0.25) is 5.75 Å². The highest BCUT2D eigenvalue weighted by molar-refractivity contribution is 9.10. The molecule has 8 heteroatoms. The number of aromatic carboxylic acids is 1. The van der Waals surface area contributed by atoms with E-state index in [9.17, 15) is 19.3 Å². The van der Waals surface area contributed by atoms with Crippen LogP contribution in [0.4, 0.5) is 10.1 Å². The van der Waals surface area contributed by atoms with Gasteiger partial charge in [0.25, 0.3) is 0 Å². The Hall–Kier alpha value is -2.48. The van der Waals surface area contributed by atoms with E-state index in [1.54, 1.807) is 0 Å². The Morgan fingerprint density at radius 1 is 1.29 bits per heavy atom. The van der Waals surface area contributed by atoms with Crippen molar-refractivity contribution < 1.29 is 24.0 Å². The molecule has 2 aromatic carbocycles. The molecule has 0 radical (unpaired) electrons. The SMILES string of the molecule is O=C(O)c1ccc(Oc2cc(Br)c(F)cc2[N+](=O)[O-])cc1. The quantitative estimate of drug-likeness (QED) is 0.661. The van der Waals surface area contributed by atoms with Crippen LogP contribution in [0.15, 0.2) is 40.9 Å². The van der Waals surface area contributed by atoms with E-state index in [1.165, 1.54) is 24.3 Å². The number of rotatable bonds is 4. The monoisotopic (exact) mass is 355 g/mol. The van der Waals surface area contributed by atoms with Crippen LogP contribution in [0.3, 0.4) is 0 Å². The maximum absolute atomic E-state index is 13.3. The molecule has 0 unspecified atom stereocenters. The predicted octanol–water partition coefficient (Wildman–Crippen LogP) is 3.99. The van der Waals surface area contributed by atoms with E-state index in [-0.39, 0.29) is 21.5 Å². The van der Waals surface area contributed by atoms with Crippen LogP contribution < -0.4 is 4.74 Å². The minimum atomic E-state index is -1.10. The standard InChI is InChI=1S/C13H7BrFNO5/c14-9-5-12(11(16(19)20)6-10(9)15)21-8-3-1-7(2-4-8)13(17)18/h1-6H,(H,17,18). The molecule has 0 bridgehead atoms. The molecule has 0 heterocycles. The highest BCUT2D eigenvalue weighted by atomic mass is 79.9. The van der Waals surface area contributed by atoms with Gasteiger partial charge in [0.1, 0.15) is 11.6 Å². The van der Waals surface area contributed by atoms with Crippen LogP contribution in [-0.2, 0) is 0 Å². The fraction of sp³-hybridized carbons (Fsp3) is 0. The lowest BCUT2D eigenvalue weighted by molar-refractivity contribution is -0.385. The highest BCUT2D eigenvalue weighted by Crippen LogP contribution is 2.35. The van der Waals surface area contributed by atoms with Crippen molar-refractivity contribution in [3.8, 4) is 11.5 Å². The number of carbonyl (C=O) groups is 1. The molecule has 2 aromatic rings. The third kappa shape index (κ3) is 3.34. The summed E-state index contributed by atoms with van der Waals surface area (Å²) < 4.78 is 18.7. The van der Waals surface area contributed by atoms with E-state index in [0.29, 0.717) is 0 Å². The molecule has 21 heavy (non-hydrogen) atoms. The van der Waals surface area contributed by atoms with Crippen LogP contribution in [0.25, 0.3) is 0 Å². The largest absolute Gasteiger partial charge is 0.478 e. The van der Waals surface area contributed by atoms with E-state index < -0.39 is 22.4 Å². The molecule has 108 valence electrons. The van der Waals surface area contributed by atoms with Crippen molar-refractivity contribution in [1.82, 2.24) is 0 Å². The summed E-state index contributed by atoms with van der Waals surface area (Å²) in [5.74, 6) is -1.84. The lowest BCUT2D eigenvalue weighted by Crippen LogP contribution is -1.97. The zero-order valence-corrected chi connectivity index (χ0v) is 11.8. The number of halogens is 2. The van der Waals surface area contributed by atoms with Gasteiger partial charge in [-0.3, -0.25) is 10.1 Å². The Morgan fingerprint density at radius 2 is 1.90 bits per heavy atom. The molecular weight excluding hydrogens is 349 g/mol. The van der Waals surface area contributed by atoms with Crippen molar-refractivity contribution in [2.75, 3.05) is 0 Å². The third-order valence-electron chi connectivity index (χ3n) is 2.53. The first-order valence-corrected chi connectivity index (χ1v) is 6.32. The number of benzene rings is 2. The fourth-order valence-electron chi connectivity index (χ4n) is 1.54. The number of nitrogens with zero attached hydrogens (tertiary/aromatic N) is 1. The summed E-state index contributed by atoms with van der Waals surface area (Å²) in [6.07, 6.45) is 0. The zero-order valence-electron chi connectivity index (χ0n) is 10.2. The molecule has 1 N–H and O–H groups in total. The maximum atomic E-state index is 13.3. The summed E-state index contributed by atoms with van der Waals surface area (Å²) >= 11 is 2.92. The van der Waals surface area contributed by atoms with Gasteiger partial charge in [0.05, 0.1) is 21.0 Å². The molecule has 0 aliphatic rings. The molecule has 2 rings (SSSR count). The van der Waals surface area contributed by atoms with E-state index >= 15 is 0 Å². The number of nitro groups is 1. The highest BCUT2D eigenvalue weighted by Gasteiger charge is 2.19.